The minimum absolute atomic E-state index is 0.220. The Morgan fingerprint density at radius 2 is 1.95 bits per heavy atom. The van der Waals surface area contributed by atoms with Crippen molar-refractivity contribution < 1.29 is 18.4 Å². The van der Waals surface area contributed by atoms with Crippen LogP contribution in [0.1, 0.15) is 23.2 Å². The van der Waals surface area contributed by atoms with E-state index in [-0.39, 0.29) is 18.0 Å². The summed E-state index contributed by atoms with van der Waals surface area (Å²) in [6, 6.07) is 2.66. The van der Waals surface area contributed by atoms with E-state index in [0.29, 0.717) is 18.5 Å². The number of amides is 2. The van der Waals surface area contributed by atoms with Crippen molar-refractivity contribution in [1.82, 2.24) is 10.6 Å². The molecule has 102 valence electrons. The molecule has 0 heterocycles. The summed E-state index contributed by atoms with van der Waals surface area (Å²) in [6.07, 6.45) is 2.24. The minimum Gasteiger partial charge on any atom is -0.354 e. The van der Waals surface area contributed by atoms with Gasteiger partial charge in [0.1, 0.15) is 11.6 Å². The molecule has 0 bridgehead atoms. The molecule has 1 aliphatic rings. The van der Waals surface area contributed by atoms with E-state index >= 15 is 0 Å². The maximum atomic E-state index is 13.3. The number of hydrogen-bond acceptors (Lipinski definition) is 2. The maximum Gasteiger partial charge on any atom is 0.254 e. The molecule has 2 rings (SSSR count). The van der Waals surface area contributed by atoms with E-state index in [4.69, 9.17) is 0 Å². The average molecular weight is 268 g/mol. The summed E-state index contributed by atoms with van der Waals surface area (Å²) in [4.78, 5) is 22.9. The quantitative estimate of drug-likeness (QED) is 0.843. The predicted molar refractivity (Wildman–Crippen MR) is 64.4 cm³/mol. The Morgan fingerprint density at radius 3 is 2.58 bits per heavy atom. The van der Waals surface area contributed by atoms with Crippen LogP contribution in [0.2, 0.25) is 0 Å². The lowest BCUT2D eigenvalue weighted by Gasteiger charge is -2.07. The predicted octanol–water partition coefficient (Wildman–Crippen LogP) is 1.22. The lowest BCUT2D eigenvalue weighted by atomic mass is 10.2. The van der Waals surface area contributed by atoms with Crippen LogP contribution >= 0.6 is 0 Å². The van der Waals surface area contributed by atoms with Gasteiger partial charge in [-0.05, 0) is 30.9 Å². The van der Waals surface area contributed by atoms with Gasteiger partial charge in [-0.1, -0.05) is 0 Å². The second-order valence-corrected chi connectivity index (χ2v) is 4.55. The molecule has 1 aromatic rings. The summed E-state index contributed by atoms with van der Waals surface area (Å²) >= 11 is 0. The molecule has 2 N–H and O–H groups in total. The maximum absolute atomic E-state index is 13.3. The number of benzene rings is 1. The van der Waals surface area contributed by atoms with Gasteiger partial charge in [-0.3, -0.25) is 9.59 Å². The van der Waals surface area contributed by atoms with Crippen molar-refractivity contribution in [3.05, 3.63) is 35.4 Å². The highest BCUT2D eigenvalue weighted by Gasteiger charge is 2.21. The van der Waals surface area contributed by atoms with Gasteiger partial charge in [-0.2, -0.15) is 0 Å². The Labute approximate surface area is 109 Å². The van der Waals surface area contributed by atoms with Crippen LogP contribution in [0.25, 0.3) is 0 Å². The van der Waals surface area contributed by atoms with Gasteiger partial charge in [0.25, 0.3) is 5.91 Å². The molecule has 6 heteroatoms. The summed E-state index contributed by atoms with van der Waals surface area (Å²) in [5.41, 5.74) is -0.281. The van der Waals surface area contributed by atoms with E-state index in [2.05, 4.69) is 10.6 Å². The lowest BCUT2D eigenvalue weighted by Crippen LogP contribution is -2.37. The molecule has 1 saturated carbocycles. The normalized spacial score (nSPS) is 14.0. The first-order chi connectivity index (χ1) is 9.06. The highest BCUT2D eigenvalue weighted by molar-refractivity contribution is 5.96. The summed E-state index contributed by atoms with van der Waals surface area (Å²) < 4.78 is 26.0. The van der Waals surface area contributed by atoms with Gasteiger partial charge in [-0.25, -0.2) is 8.78 Å². The Morgan fingerprint density at radius 1 is 1.21 bits per heavy atom. The summed E-state index contributed by atoms with van der Waals surface area (Å²) in [6.45, 7) is 0.391. The van der Waals surface area contributed by atoms with E-state index < -0.39 is 17.5 Å². The zero-order valence-corrected chi connectivity index (χ0v) is 10.2. The fourth-order valence-corrected chi connectivity index (χ4v) is 1.57. The third-order valence-corrected chi connectivity index (χ3v) is 2.87. The number of halogens is 2. The third-order valence-electron chi connectivity index (χ3n) is 2.87. The monoisotopic (exact) mass is 268 g/mol. The van der Waals surface area contributed by atoms with Gasteiger partial charge in [0.2, 0.25) is 5.91 Å². The summed E-state index contributed by atoms with van der Waals surface area (Å²) in [5, 5.41) is 4.96. The standard InChI is InChI=1S/C13H14F2N2O2/c14-9-3-4-10(11(15)5-9)13(19)17-7-12(18)16-6-8-1-2-8/h3-5,8H,1-2,6-7H2,(H,16,18)(H,17,19). The van der Waals surface area contributed by atoms with Crippen molar-refractivity contribution in [1.29, 1.82) is 0 Å². The molecule has 2 amide bonds. The van der Waals surface area contributed by atoms with Crippen molar-refractivity contribution in [2.24, 2.45) is 5.92 Å². The Balaban J connectivity index is 1.81. The molecular formula is C13H14F2N2O2. The molecule has 0 radical (unpaired) electrons. The third kappa shape index (κ3) is 4.01. The molecule has 1 aliphatic carbocycles. The van der Waals surface area contributed by atoms with Crippen LogP contribution in [0.15, 0.2) is 18.2 Å². The van der Waals surface area contributed by atoms with Crippen molar-refractivity contribution in [3.8, 4) is 0 Å². The fraction of sp³-hybridized carbons (Fsp3) is 0.385. The lowest BCUT2D eigenvalue weighted by molar-refractivity contribution is -0.120. The van der Waals surface area contributed by atoms with E-state index in [1.54, 1.807) is 0 Å². The summed E-state index contributed by atoms with van der Waals surface area (Å²) in [7, 11) is 0. The van der Waals surface area contributed by atoms with Gasteiger partial charge < -0.3 is 10.6 Å². The van der Waals surface area contributed by atoms with Crippen molar-refractivity contribution in [3.63, 3.8) is 0 Å². The van der Waals surface area contributed by atoms with E-state index in [1.807, 2.05) is 0 Å². The largest absolute Gasteiger partial charge is 0.354 e. The molecule has 1 fully saturated rings. The van der Waals surface area contributed by atoms with Gasteiger partial charge in [0.05, 0.1) is 12.1 Å². The zero-order chi connectivity index (χ0) is 13.8. The first-order valence-electron chi connectivity index (χ1n) is 6.06. The van der Waals surface area contributed by atoms with Gasteiger partial charge in [-0.15, -0.1) is 0 Å². The van der Waals surface area contributed by atoms with Crippen LogP contribution in [-0.2, 0) is 4.79 Å². The van der Waals surface area contributed by atoms with Crippen molar-refractivity contribution in [2.45, 2.75) is 12.8 Å². The van der Waals surface area contributed by atoms with Crippen LogP contribution < -0.4 is 10.6 Å². The molecule has 1 aromatic carbocycles. The topological polar surface area (TPSA) is 58.2 Å². The molecule has 0 unspecified atom stereocenters. The molecule has 0 aromatic heterocycles. The Bertz CT molecular complexity index is 501. The minimum atomic E-state index is -0.948. The van der Waals surface area contributed by atoms with Gasteiger partial charge in [0, 0.05) is 12.6 Å². The first kappa shape index (κ1) is 13.5. The van der Waals surface area contributed by atoms with Crippen LogP contribution in [0, 0.1) is 17.6 Å². The fourth-order valence-electron chi connectivity index (χ4n) is 1.57. The van der Waals surface area contributed by atoms with Crippen LogP contribution in [-0.4, -0.2) is 24.9 Å². The van der Waals surface area contributed by atoms with E-state index in [1.165, 1.54) is 0 Å². The van der Waals surface area contributed by atoms with Gasteiger partial charge in [0.15, 0.2) is 0 Å². The van der Waals surface area contributed by atoms with Crippen LogP contribution in [0.5, 0.6) is 0 Å². The Kier molecular flexibility index (Phi) is 4.09. The van der Waals surface area contributed by atoms with Crippen LogP contribution in [0.3, 0.4) is 0 Å². The number of carbonyl (C=O) groups excluding carboxylic acids is 2. The first-order valence-corrected chi connectivity index (χ1v) is 6.06. The van der Waals surface area contributed by atoms with Crippen molar-refractivity contribution in [2.75, 3.05) is 13.1 Å². The van der Waals surface area contributed by atoms with Gasteiger partial charge >= 0.3 is 0 Å². The van der Waals surface area contributed by atoms with E-state index in [0.717, 1.165) is 25.0 Å². The number of nitrogens with one attached hydrogen (secondary N) is 2. The smallest absolute Gasteiger partial charge is 0.254 e. The molecule has 0 saturated heterocycles. The number of hydrogen-bond donors (Lipinski definition) is 2. The second kappa shape index (κ2) is 5.77. The number of carbonyl (C=O) groups is 2. The van der Waals surface area contributed by atoms with Crippen molar-refractivity contribution >= 4 is 11.8 Å². The number of rotatable bonds is 5. The van der Waals surface area contributed by atoms with Crippen LogP contribution in [0.4, 0.5) is 8.78 Å². The molecule has 0 atom stereocenters. The highest BCUT2D eigenvalue weighted by atomic mass is 19.1. The SMILES string of the molecule is O=C(CNC(=O)c1ccc(F)cc1F)NCC1CC1. The Hall–Kier alpha value is -1.98. The molecule has 0 spiro atoms. The van der Waals surface area contributed by atoms with E-state index in [9.17, 15) is 18.4 Å². The molecule has 19 heavy (non-hydrogen) atoms. The molecular weight excluding hydrogens is 254 g/mol. The molecule has 4 nitrogen and oxygen atoms in total. The highest BCUT2D eigenvalue weighted by Crippen LogP contribution is 2.27. The summed E-state index contributed by atoms with van der Waals surface area (Å²) in [5.74, 6) is -2.21. The molecule has 0 aliphatic heterocycles. The average Bonchev–Trinajstić information content (AvgIpc) is 3.17. The second-order valence-electron chi connectivity index (χ2n) is 4.55. The zero-order valence-electron chi connectivity index (χ0n) is 10.2.